The Morgan fingerprint density at radius 3 is 2.47 bits per heavy atom. The SMILES string of the molecule is CCN(CC(=O)O)C(=O)N1CC(O)CC1CN(C)C. The molecule has 0 saturated carbocycles. The average molecular weight is 273 g/mol. The quantitative estimate of drug-likeness (QED) is 0.706. The highest BCUT2D eigenvalue weighted by molar-refractivity contribution is 5.80. The summed E-state index contributed by atoms with van der Waals surface area (Å²) in [6.45, 7) is 2.71. The minimum atomic E-state index is -1.03. The van der Waals surface area contributed by atoms with Crippen LogP contribution in [0.4, 0.5) is 4.79 Å². The second kappa shape index (κ2) is 6.72. The first-order valence-corrected chi connectivity index (χ1v) is 6.45. The molecule has 0 bridgehead atoms. The van der Waals surface area contributed by atoms with E-state index < -0.39 is 12.1 Å². The first-order valence-electron chi connectivity index (χ1n) is 6.45. The van der Waals surface area contributed by atoms with Gasteiger partial charge in [-0.1, -0.05) is 0 Å². The number of rotatable bonds is 5. The van der Waals surface area contributed by atoms with Crippen molar-refractivity contribution < 1.29 is 19.8 Å². The molecule has 0 aromatic carbocycles. The van der Waals surface area contributed by atoms with E-state index in [1.165, 1.54) is 4.90 Å². The number of aliphatic hydroxyl groups is 1. The van der Waals surface area contributed by atoms with Crippen molar-refractivity contribution in [2.24, 2.45) is 0 Å². The highest BCUT2D eigenvalue weighted by atomic mass is 16.4. The lowest BCUT2D eigenvalue weighted by molar-refractivity contribution is -0.137. The van der Waals surface area contributed by atoms with Gasteiger partial charge in [-0.25, -0.2) is 4.79 Å². The molecule has 0 aromatic rings. The summed E-state index contributed by atoms with van der Waals surface area (Å²) in [6.07, 6.45) is 0.00610. The van der Waals surface area contributed by atoms with Crippen molar-refractivity contribution in [1.82, 2.24) is 14.7 Å². The van der Waals surface area contributed by atoms with Gasteiger partial charge >= 0.3 is 12.0 Å². The van der Waals surface area contributed by atoms with Crippen LogP contribution in [0.1, 0.15) is 13.3 Å². The summed E-state index contributed by atoms with van der Waals surface area (Å²) in [6, 6.07) is -0.381. The number of carbonyl (C=O) groups excluding carboxylic acids is 1. The van der Waals surface area contributed by atoms with Gasteiger partial charge in [-0.15, -0.1) is 0 Å². The predicted molar refractivity (Wildman–Crippen MR) is 70.0 cm³/mol. The van der Waals surface area contributed by atoms with Crippen LogP contribution in [0.5, 0.6) is 0 Å². The van der Waals surface area contributed by atoms with Crippen LogP contribution in [0.2, 0.25) is 0 Å². The number of likely N-dealkylation sites (tertiary alicyclic amines) is 1. The largest absolute Gasteiger partial charge is 0.480 e. The van der Waals surface area contributed by atoms with Crippen molar-refractivity contribution in [3.63, 3.8) is 0 Å². The monoisotopic (exact) mass is 273 g/mol. The molecule has 1 fully saturated rings. The minimum absolute atomic E-state index is 0.0691. The molecule has 0 aliphatic carbocycles. The fourth-order valence-corrected chi connectivity index (χ4v) is 2.38. The van der Waals surface area contributed by atoms with Crippen molar-refractivity contribution in [2.45, 2.75) is 25.5 Å². The molecule has 2 unspecified atom stereocenters. The van der Waals surface area contributed by atoms with Crippen LogP contribution in [0.3, 0.4) is 0 Å². The molecule has 1 aliphatic heterocycles. The van der Waals surface area contributed by atoms with Crippen LogP contribution in [0, 0.1) is 0 Å². The van der Waals surface area contributed by atoms with Gasteiger partial charge in [0.15, 0.2) is 0 Å². The Balaban J connectivity index is 2.74. The molecule has 7 heteroatoms. The van der Waals surface area contributed by atoms with Crippen LogP contribution >= 0.6 is 0 Å². The summed E-state index contributed by atoms with van der Waals surface area (Å²) in [5.41, 5.74) is 0. The van der Waals surface area contributed by atoms with Crippen LogP contribution in [0.15, 0.2) is 0 Å². The zero-order valence-electron chi connectivity index (χ0n) is 11.7. The molecule has 0 aromatic heterocycles. The molecule has 2 N–H and O–H groups in total. The number of hydrogen-bond acceptors (Lipinski definition) is 4. The van der Waals surface area contributed by atoms with Crippen LogP contribution in [-0.2, 0) is 4.79 Å². The highest BCUT2D eigenvalue weighted by Gasteiger charge is 2.36. The fourth-order valence-electron chi connectivity index (χ4n) is 2.38. The van der Waals surface area contributed by atoms with E-state index in [4.69, 9.17) is 5.11 Å². The predicted octanol–water partition coefficient (Wildman–Crippen LogP) is -0.490. The number of carboxylic acids is 1. The number of likely N-dealkylation sites (N-methyl/N-ethyl adjacent to an activating group) is 2. The maximum Gasteiger partial charge on any atom is 0.323 e. The lowest BCUT2D eigenvalue weighted by atomic mass is 10.2. The molecule has 110 valence electrons. The lowest BCUT2D eigenvalue weighted by Crippen LogP contribution is -2.49. The van der Waals surface area contributed by atoms with Gasteiger partial charge in [0, 0.05) is 25.7 Å². The van der Waals surface area contributed by atoms with Gasteiger partial charge in [0.25, 0.3) is 0 Å². The van der Waals surface area contributed by atoms with E-state index in [0.717, 1.165) is 0 Å². The maximum atomic E-state index is 12.3. The van der Waals surface area contributed by atoms with Crippen molar-refractivity contribution in [1.29, 1.82) is 0 Å². The Morgan fingerprint density at radius 1 is 1.37 bits per heavy atom. The van der Waals surface area contributed by atoms with E-state index in [-0.39, 0.29) is 25.2 Å². The molecular formula is C12H23N3O4. The first kappa shape index (κ1) is 15.7. The van der Waals surface area contributed by atoms with Crippen molar-refractivity contribution in [3.8, 4) is 0 Å². The molecule has 7 nitrogen and oxygen atoms in total. The van der Waals surface area contributed by atoms with Gasteiger partial charge < -0.3 is 24.9 Å². The molecule has 1 saturated heterocycles. The number of hydrogen-bond donors (Lipinski definition) is 2. The van der Waals surface area contributed by atoms with E-state index in [9.17, 15) is 14.7 Å². The number of aliphatic hydroxyl groups excluding tert-OH is 1. The standard InChI is InChI=1S/C12H23N3O4/c1-4-14(8-11(17)18)12(19)15-7-10(16)5-9(15)6-13(2)3/h9-10,16H,4-8H2,1-3H3,(H,17,18). The van der Waals surface area contributed by atoms with Crippen molar-refractivity contribution in [3.05, 3.63) is 0 Å². The molecule has 2 atom stereocenters. The van der Waals surface area contributed by atoms with E-state index in [1.807, 2.05) is 19.0 Å². The molecule has 0 radical (unpaired) electrons. The number of carboxylic acid groups (broad SMARTS) is 1. The maximum absolute atomic E-state index is 12.3. The second-order valence-electron chi connectivity index (χ2n) is 5.15. The number of nitrogens with zero attached hydrogens (tertiary/aromatic N) is 3. The normalized spacial score (nSPS) is 22.9. The Bertz CT molecular complexity index is 335. The van der Waals surface area contributed by atoms with E-state index in [0.29, 0.717) is 19.5 Å². The third-order valence-corrected chi connectivity index (χ3v) is 3.19. The van der Waals surface area contributed by atoms with Crippen molar-refractivity contribution in [2.75, 3.05) is 40.3 Å². The molecule has 1 heterocycles. The summed E-state index contributed by atoms with van der Waals surface area (Å²) in [4.78, 5) is 27.9. The molecule has 1 aliphatic rings. The third kappa shape index (κ3) is 4.36. The zero-order valence-corrected chi connectivity index (χ0v) is 11.7. The zero-order chi connectivity index (χ0) is 14.6. The molecule has 0 spiro atoms. The molecular weight excluding hydrogens is 250 g/mol. The Morgan fingerprint density at radius 2 is 2.00 bits per heavy atom. The van der Waals surface area contributed by atoms with Crippen LogP contribution in [-0.4, -0.2) is 89.3 Å². The Kier molecular flexibility index (Phi) is 5.56. The average Bonchev–Trinajstić information content (AvgIpc) is 2.65. The van der Waals surface area contributed by atoms with Crippen LogP contribution < -0.4 is 0 Å². The van der Waals surface area contributed by atoms with Crippen LogP contribution in [0.25, 0.3) is 0 Å². The Labute approximate surface area is 113 Å². The number of urea groups is 1. The number of carbonyl (C=O) groups is 2. The van der Waals surface area contributed by atoms with E-state index >= 15 is 0 Å². The summed E-state index contributed by atoms with van der Waals surface area (Å²) in [7, 11) is 3.81. The third-order valence-electron chi connectivity index (χ3n) is 3.19. The van der Waals surface area contributed by atoms with Gasteiger partial charge in [-0.05, 0) is 27.4 Å². The van der Waals surface area contributed by atoms with Gasteiger partial charge in [0.2, 0.25) is 0 Å². The second-order valence-corrected chi connectivity index (χ2v) is 5.15. The first-order chi connectivity index (χ1) is 8.85. The summed E-state index contributed by atoms with van der Waals surface area (Å²) in [5.74, 6) is -1.03. The van der Waals surface area contributed by atoms with Gasteiger partial charge in [0.05, 0.1) is 6.10 Å². The summed E-state index contributed by atoms with van der Waals surface area (Å²) >= 11 is 0. The lowest BCUT2D eigenvalue weighted by Gasteiger charge is -2.31. The minimum Gasteiger partial charge on any atom is -0.480 e. The topological polar surface area (TPSA) is 84.3 Å². The van der Waals surface area contributed by atoms with E-state index in [1.54, 1.807) is 11.8 Å². The highest BCUT2D eigenvalue weighted by Crippen LogP contribution is 2.20. The van der Waals surface area contributed by atoms with Crippen molar-refractivity contribution >= 4 is 12.0 Å². The molecule has 19 heavy (non-hydrogen) atoms. The summed E-state index contributed by atoms with van der Waals surface area (Å²) < 4.78 is 0. The number of aliphatic carboxylic acids is 1. The number of β-amino-alcohol motifs (C(OH)–C–C–N with tert-alkyl or cyclic N) is 1. The van der Waals surface area contributed by atoms with Gasteiger partial charge in [-0.2, -0.15) is 0 Å². The number of amides is 2. The fraction of sp³-hybridized carbons (Fsp3) is 0.833. The van der Waals surface area contributed by atoms with Gasteiger partial charge in [0.1, 0.15) is 6.54 Å². The smallest absolute Gasteiger partial charge is 0.323 e. The summed E-state index contributed by atoms with van der Waals surface area (Å²) in [5, 5.41) is 18.5. The molecule has 2 amide bonds. The van der Waals surface area contributed by atoms with Gasteiger partial charge in [-0.3, -0.25) is 4.79 Å². The molecule has 1 rings (SSSR count). The van der Waals surface area contributed by atoms with E-state index in [2.05, 4.69) is 0 Å². The Hall–Kier alpha value is -1.34.